The lowest BCUT2D eigenvalue weighted by Crippen LogP contribution is -1.78. The van der Waals surface area contributed by atoms with E-state index in [4.69, 9.17) is 5.11 Å². The highest BCUT2D eigenvalue weighted by Crippen LogP contribution is 2.17. The van der Waals surface area contributed by atoms with E-state index in [-0.39, 0.29) is 6.61 Å². The van der Waals surface area contributed by atoms with E-state index in [2.05, 4.69) is 4.98 Å². The molecular weight excluding hydrogens is 154 g/mol. The van der Waals surface area contributed by atoms with Gasteiger partial charge in [-0.1, -0.05) is 0 Å². The van der Waals surface area contributed by atoms with Crippen LogP contribution in [0.1, 0.15) is 5.01 Å². The van der Waals surface area contributed by atoms with E-state index in [0.717, 1.165) is 10.0 Å². The van der Waals surface area contributed by atoms with E-state index >= 15 is 0 Å². The Bertz CT molecular complexity index is 168. The number of thioether (sulfide) groups is 1. The van der Waals surface area contributed by atoms with E-state index in [0.29, 0.717) is 0 Å². The third-order valence-corrected chi connectivity index (χ3v) is 2.49. The summed E-state index contributed by atoms with van der Waals surface area (Å²) in [5, 5.41) is 12.3. The lowest BCUT2D eigenvalue weighted by atomic mass is 10.8. The van der Waals surface area contributed by atoms with Crippen LogP contribution < -0.4 is 0 Å². The third-order valence-electron chi connectivity index (χ3n) is 0.875. The van der Waals surface area contributed by atoms with Crippen LogP contribution in [-0.2, 0) is 6.61 Å². The summed E-state index contributed by atoms with van der Waals surface area (Å²) in [6, 6.07) is 0. The van der Waals surface area contributed by atoms with Crippen molar-refractivity contribution in [1.29, 1.82) is 0 Å². The van der Waals surface area contributed by atoms with E-state index < -0.39 is 0 Å². The maximum absolute atomic E-state index is 8.59. The summed E-state index contributed by atoms with van der Waals surface area (Å²) in [5.41, 5.74) is 0. The smallest absolute Gasteiger partial charge is 0.119 e. The number of aliphatic hydroxyl groups is 1. The Morgan fingerprint density at radius 2 is 2.67 bits per heavy atom. The maximum atomic E-state index is 8.59. The summed E-state index contributed by atoms with van der Waals surface area (Å²) in [4.78, 5) is 4.08. The highest BCUT2D eigenvalue weighted by Gasteiger charge is 1.96. The average Bonchev–Trinajstić information content (AvgIpc) is 2.34. The molecule has 0 aliphatic rings. The highest BCUT2D eigenvalue weighted by molar-refractivity contribution is 7.98. The molecule has 0 atom stereocenters. The van der Waals surface area contributed by atoms with Crippen LogP contribution in [0.15, 0.2) is 10.4 Å². The summed E-state index contributed by atoms with van der Waals surface area (Å²) in [6.07, 6.45) is 1.97. The van der Waals surface area contributed by atoms with Gasteiger partial charge in [-0.3, -0.25) is 0 Å². The number of thiazole rings is 1. The molecule has 0 saturated heterocycles. The van der Waals surface area contributed by atoms with Crippen molar-refractivity contribution >= 4 is 23.1 Å². The van der Waals surface area contributed by atoms with Crippen molar-refractivity contribution in [3.05, 3.63) is 10.4 Å². The molecule has 0 radical (unpaired) electrons. The molecule has 0 spiro atoms. The fraction of sp³-hybridized carbons (Fsp3) is 0.400. The Hall–Kier alpha value is -0.0600. The Morgan fingerprint density at radius 1 is 1.89 bits per heavy atom. The minimum absolute atomic E-state index is 0.0607. The molecule has 1 aromatic heterocycles. The van der Waals surface area contributed by atoms with E-state index in [9.17, 15) is 0 Å². The molecule has 50 valence electrons. The summed E-state index contributed by atoms with van der Waals surface area (Å²) < 4.78 is 0. The fourth-order valence-electron chi connectivity index (χ4n) is 0.460. The molecule has 1 heterocycles. The first-order valence-electron chi connectivity index (χ1n) is 2.46. The number of aromatic nitrogens is 1. The Kier molecular flexibility index (Phi) is 2.50. The molecule has 0 amide bonds. The summed E-state index contributed by atoms with van der Waals surface area (Å²) in [6.45, 7) is 0.0607. The van der Waals surface area contributed by atoms with Crippen molar-refractivity contribution in [3.8, 4) is 0 Å². The number of hydrogen-bond donors (Lipinski definition) is 1. The molecule has 0 unspecified atom stereocenters. The van der Waals surface area contributed by atoms with Gasteiger partial charge in [-0.15, -0.1) is 23.1 Å². The molecule has 0 aliphatic heterocycles. The van der Waals surface area contributed by atoms with Crippen LogP contribution in [0.3, 0.4) is 0 Å². The van der Waals surface area contributed by atoms with Gasteiger partial charge in [0.05, 0.1) is 6.61 Å². The van der Waals surface area contributed by atoms with Crippen molar-refractivity contribution in [2.75, 3.05) is 6.26 Å². The van der Waals surface area contributed by atoms with E-state index in [1.807, 2.05) is 11.6 Å². The second kappa shape index (κ2) is 3.20. The summed E-state index contributed by atoms with van der Waals surface area (Å²) in [5.74, 6) is 0. The molecule has 4 heteroatoms. The van der Waals surface area contributed by atoms with Crippen LogP contribution in [0.4, 0.5) is 0 Å². The normalized spacial score (nSPS) is 10.0. The lowest BCUT2D eigenvalue weighted by Gasteiger charge is -1.82. The molecule has 0 aromatic carbocycles. The Morgan fingerprint density at radius 3 is 3.00 bits per heavy atom. The van der Waals surface area contributed by atoms with Crippen molar-refractivity contribution in [3.63, 3.8) is 0 Å². The molecule has 0 bridgehead atoms. The second-order valence-electron chi connectivity index (χ2n) is 1.44. The number of hydrogen-bond acceptors (Lipinski definition) is 4. The number of nitrogens with zero attached hydrogens (tertiary/aromatic N) is 1. The van der Waals surface area contributed by atoms with E-state index in [1.54, 1.807) is 11.8 Å². The Balaban J connectivity index is 2.74. The first-order chi connectivity index (χ1) is 4.36. The van der Waals surface area contributed by atoms with Crippen LogP contribution in [0, 0.1) is 0 Å². The molecular formula is C5H7NOS2. The van der Waals surface area contributed by atoms with Gasteiger partial charge in [0, 0.05) is 5.38 Å². The average molecular weight is 161 g/mol. The molecule has 9 heavy (non-hydrogen) atoms. The molecule has 0 fully saturated rings. The predicted octanol–water partition coefficient (Wildman–Crippen LogP) is 1.36. The molecule has 0 saturated carbocycles. The molecule has 2 nitrogen and oxygen atoms in total. The lowest BCUT2D eigenvalue weighted by molar-refractivity contribution is 0.280. The highest BCUT2D eigenvalue weighted by atomic mass is 32.2. The molecule has 1 N–H and O–H groups in total. The molecule has 1 aromatic rings. The standard InChI is InChI=1S/C5H7NOS2/c1-8-5-3-9-4(2-7)6-5/h3,7H,2H2,1H3. The van der Waals surface area contributed by atoms with Gasteiger partial charge in [-0.2, -0.15) is 0 Å². The number of aliphatic hydroxyl groups excluding tert-OH is 1. The van der Waals surface area contributed by atoms with Gasteiger partial charge < -0.3 is 5.11 Å². The van der Waals surface area contributed by atoms with Gasteiger partial charge in [0.25, 0.3) is 0 Å². The van der Waals surface area contributed by atoms with Gasteiger partial charge in [0.2, 0.25) is 0 Å². The van der Waals surface area contributed by atoms with Crippen molar-refractivity contribution < 1.29 is 5.11 Å². The van der Waals surface area contributed by atoms with Gasteiger partial charge in [0.15, 0.2) is 0 Å². The SMILES string of the molecule is CSc1csc(CO)n1. The molecule has 0 aliphatic carbocycles. The van der Waals surface area contributed by atoms with Crippen molar-refractivity contribution in [1.82, 2.24) is 4.98 Å². The zero-order chi connectivity index (χ0) is 6.69. The third kappa shape index (κ3) is 1.67. The van der Waals surface area contributed by atoms with Gasteiger partial charge in [-0.25, -0.2) is 4.98 Å². The van der Waals surface area contributed by atoms with Crippen LogP contribution in [-0.4, -0.2) is 16.3 Å². The zero-order valence-electron chi connectivity index (χ0n) is 5.00. The topological polar surface area (TPSA) is 33.1 Å². The summed E-state index contributed by atoms with van der Waals surface area (Å²) >= 11 is 3.09. The number of rotatable bonds is 2. The van der Waals surface area contributed by atoms with Gasteiger partial charge in [-0.05, 0) is 6.26 Å². The van der Waals surface area contributed by atoms with Crippen molar-refractivity contribution in [2.45, 2.75) is 11.6 Å². The second-order valence-corrected chi connectivity index (χ2v) is 3.21. The van der Waals surface area contributed by atoms with Gasteiger partial charge >= 0.3 is 0 Å². The monoisotopic (exact) mass is 161 g/mol. The quantitative estimate of drug-likeness (QED) is 0.665. The Labute approximate surface area is 61.9 Å². The molecule has 1 rings (SSSR count). The summed E-state index contributed by atoms with van der Waals surface area (Å²) in [7, 11) is 0. The minimum Gasteiger partial charge on any atom is -0.389 e. The first-order valence-corrected chi connectivity index (χ1v) is 4.56. The van der Waals surface area contributed by atoms with Crippen LogP contribution >= 0.6 is 23.1 Å². The predicted molar refractivity (Wildman–Crippen MR) is 39.8 cm³/mol. The van der Waals surface area contributed by atoms with Gasteiger partial charge in [0.1, 0.15) is 10.0 Å². The van der Waals surface area contributed by atoms with Crippen LogP contribution in [0.5, 0.6) is 0 Å². The van der Waals surface area contributed by atoms with Crippen molar-refractivity contribution in [2.24, 2.45) is 0 Å². The minimum atomic E-state index is 0.0607. The maximum Gasteiger partial charge on any atom is 0.119 e. The van der Waals surface area contributed by atoms with Crippen LogP contribution in [0.2, 0.25) is 0 Å². The van der Waals surface area contributed by atoms with Crippen LogP contribution in [0.25, 0.3) is 0 Å². The largest absolute Gasteiger partial charge is 0.389 e. The zero-order valence-corrected chi connectivity index (χ0v) is 6.63. The fourth-order valence-corrected chi connectivity index (χ4v) is 1.76. The van der Waals surface area contributed by atoms with E-state index in [1.165, 1.54) is 11.3 Å². The first kappa shape index (κ1) is 7.05.